The molecule has 0 spiro atoms. The van der Waals surface area contributed by atoms with Crippen LogP contribution in [0.5, 0.6) is 0 Å². The van der Waals surface area contributed by atoms with Gasteiger partial charge in [0.2, 0.25) is 0 Å². The molecule has 0 bridgehead atoms. The van der Waals surface area contributed by atoms with Crippen LogP contribution in [-0.4, -0.2) is 11.2 Å². The first-order valence-corrected chi connectivity index (χ1v) is 7.06. The minimum Gasteiger partial charge on any atom is -0.393 e. The van der Waals surface area contributed by atoms with E-state index in [0.717, 1.165) is 10.9 Å². The number of rotatable bonds is 4. The lowest BCUT2D eigenvalue weighted by Gasteiger charge is -2.15. The maximum absolute atomic E-state index is 13.6. The first-order valence-electron chi connectivity index (χ1n) is 6.27. The van der Waals surface area contributed by atoms with Gasteiger partial charge in [0.25, 0.3) is 0 Å². The predicted molar refractivity (Wildman–Crippen MR) is 70.4 cm³/mol. The maximum Gasteiger partial charge on any atom is 0.127 e. The molecular formula is C14H18BrFO. The van der Waals surface area contributed by atoms with Gasteiger partial charge in [0.15, 0.2) is 0 Å². The zero-order chi connectivity index (χ0) is 12.3. The monoisotopic (exact) mass is 300 g/mol. The van der Waals surface area contributed by atoms with Crippen LogP contribution in [0.4, 0.5) is 4.39 Å². The highest BCUT2D eigenvalue weighted by molar-refractivity contribution is 9.10. The molecule has 1 nitrogen and oxygen atoms in total. The summed E-state index contributed by atoms with van der Waals surface area (Å²) >= 11 is 3.23. The molecule has 0 radical (unpaired) electrons. The number of halogens is 2. The van der Waals surface area contributed by atoms with E-state index in [0.29, 0.717) is 17.9 Å². The third-order valence-electron chi connectivity index (χ3n) is 3.55. The largest absolute Gasteiger partial charge is 0.393 e. The zero-order valence-electron chi connectivity index (χ0n) is 9.83. The smallest absolute Gasteiger partial charge is 0.127 e. The minimum absolute atomic E-state index is 0.232. The van der Waals surface area contributed by atoms with Crippen molar-refractivity contribution in [3.8, 4) is 0 Å². The fraction of sp³-hybridized carbons (Fsp3) is 0.571. The predicted octanol–water partition coefficient (Wildman–Crippen LogP) is 4.07. The second-order valence-corrected chi connectivity index (χ2v) is 5.90. The molecule has 94 valence electrons. The van der Waals surface area contributed by atoms with Crippen molar-refractivity contribution in [3.05, 3.63) is 34.1 Å². The molecule has 0 aliphatic heterocycles. The summed E-state index contributed by atoms with van der Waals surface area (Å²) in [7, 11) is 0. The van der Waals surface area contributed by atoms with Crippen LogP contribution in [0.25, 0.3) is 0 Å². The van der Waals surface area contributed by atoms with Gasteiger partial charge in [-0.05, 0) is 30.0 Å². The first-order chi connectivity index (χ1) is 8.15. The molecule has 1 aromatic carbocycles. The Morgan fingerprint density at radius 1 is 1.35 bits per heavy atom. The lowest BCUT2D eigenvalue weighted by Crippen LogP contribution is -2.15. The normalized spacial score (nSPS) is 18.5. The number of benzene rings is 1. The van der Waals surface area contributed by atoms with E-state index in [2.05, 4.69) is 15.9 Å². The molecule has 1 unspecified atom stereocenters. The molecule has 1 saturated carbocycles. The number of hydrogen-bond acceptors (Lipinski definition) is 1. The van der Waals surface area contributed by atoms with E-state index in [4.69, 9.17) is 0 Å². The number of aliphatic hydroxyl groups excluding tert-OH is 1. The van der Waals surface area contributed by atoms with Crippen molar-refractivity contribution < 1.29 is 9.50 Å². The van der Waals surface area contributed by atoms with E-state index in [1.54, 1.807) is 6.07 Å². The van der Waals surface area contributed by atoms with Gasteiger partial charge in [-0.3, -0.25) is 0 Å². The molecule has 17 heavy (non-hydrogen) atoms. The minimum atomic E-state index is -0.409. The molecule has 2 rings (SSSR count). The number of hydrogen-bond donors (Lipinski definition) is 1. The van der Waals surface area contributed by atoms with Crippen molar-refractivity contribution in [2.24, 2.45) is 5.92 Å². The van der Waals surface area contributed by atoms with E-state index in [1.807, 2.05) is 6.07 Å². The van der Waals surface area contributed by atoms with Gasteiger partial charge in [-0.25, -0.2) is 4.39 Å². The van der Waals surface area contributed by atoms with Gasteiger partial charge >= 0.3 is 0 Å². The van der Waals surface area contributed by atoms with E-state index in [9.17, 15) is 9.50 Å². The second-order valence-electron chi connectivity index (χ2n) is 4.98. The molecule has 0 aromatic heterocycles. The topological polar surface area (TPSA) is 20.2 Å². The summed E-state index contributed by atoms with van der Waals surface area (Å²) in [6.07, 6.45) is 5.84. The molecule has 1 atom stereocenters. The molecule has 0 amide bonds. The highest BCUT2D eigenvalue weighted by Gasteiger charge is 2.19. The fourth-order valence-electron chi connectivity index (χ4n) is 2.66. The Labute approximate surface area is 110 Å². The molecule has 0 saturated heterocycles. The van der Waals surface area contributed by atoms with Crippen molar-refractivity contribution in [2.45, 2.75) is 44.6 Å². The van der Waals surface area contributed by atoms with Crippen molar-refractivity contribution >= 4 is 15.9 Å². The van der Waals surface area contributed by atoms with Crippen molar-refractivity contribution in [2.75, 3.05) is 0 Å². The molecule has 3 heteroatoms. The SMILES string of the molecule is OC(Cc1ccc(Br)cc1F)CC1CCCC1. The summed E-state index contributed by atoms with van der Waals surface area (Å²) < 4.78 is 14.3. The lowest BCUT2D eigenvalue weighted by molar-refractivity contribution is 0.142. The second kappa shape index (κ2) is 5.96. The van der Waals surface area contributed by atoms with E-state index in [1.165, 1.54) is 31.7 Å². The van der Waals surface area contributed by atoms with Gasteiger partial charge in [0.1, 0.15) is 5.82 Å². The molecule has 1 aliphatic rings. The fourth-order valence-corrected chi connectivity index (χ4v) is 2.99. The van der Waals surface area contributed by atoms with Crippen LogP contribution in [-0.2, 0) is 6.42 Å². The molecular weight excluding hydrogens is 283 g/mol. The van der Waals surface area contributed by atoms with Gasteiger partial charge in [-0.2, -0.15) is 0 Å². The first kappa shape index (κ1) is 13.0. The summed E-state index contributed by atoms with van der Waals surface area (Å²) in [6, 6.07) is 5.02. The van der Waals surface area contributed by atoms with Crippen LogP contribution in [0.2, 0.25) is 0 Å². The Bertz CT molecular complexity index is 374. The van der Waals surface area contributed by atoms with Gasteiger partial charge in [-0.1, -0.05) is 47.7 Å². The van der Waals surface area contributed by atoms with Crippen LogP contribution in [0.3, 0.4) is 0 Å². The van der Waals surface area contributed by atoms with Crippen LogP contribution in [0.15, 0.2) is 22.7 Å². The highest BCUT2D eigenvalue weighted by atomic mass is 79.9. The maximum atomic E-state index is 13.6. The van der Waals surface area contributed by atoms with Gasteiger partial charge < -0.3 is 5.11 Å². The highest BCUT2D eigenvalue weighted by Crippen LogP contribution is 2.29. The third-order valence-corrected chi connectivity index (χ3v) is 4.04. The lowest BCUT2D eigenvalue weighted by atomic mass is 9.96. The van der Waals surface area contributed by atoms with Crippen molar-refractivity contribution in [1.29, 1.82) is 0 Å². The summed E-state index contributed by atoms with van der Waals surface area (Å²) in [4.78, 5) is 0. The van der Waals surface area contributed by atoms with Gasteiger partial charge in [0.05, 0.1) is 6.10 Å². The van der Waals surface area contributed by atoms with Crippen LogP contribution < -0.4 is 0 Å². The van der Waals surface area contributed by atoms with E-state index in [-0.39, 0.29) is 5.82 Å². The Hall–Kier alpha value is -0.410. The average Bonchev–Trinajstić information content (AvgIpc) is 2.75. The average molecular weight is 301 g/mol. The quantitative estimate of drug-likeness (QED) is 0.888. The van der Waals surface area contributed by atoms with Crippen LogP contribution >= 0.6 is 15.9 Å². The van der Waals surface area contributed by atoms with Crippen LogP contribution in [0, 0.1) is 11.7 Å². The van der Waals surface area contributed by atoms with Gasteiger partial charge in [-0.15, -0.1) is 0 Å². The Balaban J connectivity index is 1.90. The third kappa shape index (κ3) is 3.78. The summed E-state index contributed by atoms with van der Waals surface area (Å²) in [5.74, 6) is 0.411. The van der Waals surface area contributed by atoms with E-state index < -0.39 is 6.10 Å². The molecule has 1 aliphatic carbocycles. The molecule has 0 heterocycles. The standard InChI is InChI=1S/C14H18BrFO/c15-12-6-5-11(14(16)9-12)8-13(17)7-10-3-1-2-4-10/h5-6,9-10,13,17H,1-4,7-8H2. The summed E-state index contributed by atoms with van der Waals surface area (Å²) in [5, 5.41) is 9.98. The molecule has 1 aromatic rings. The van der Waals surface area contributed by atoms with Gasteiger partial charge in [0, 0.05) is 10.9 Å². The van der Waals surface area contributed by atoms with Crippen molar-refractivity contribution in [1.82, 2.24) is 0 Å². The Morgan fingerprint density at radius 2 is 2.06 bits per heavy atom. The number of aliphatic hydroxyl groups is 1. The Morgan fingerprint density at radius 3 is 2.71 bits per heavy atom. The zero-order valence-corrected chi connectivity index (χ0v) is 11.4. The molecule has 1 N–H and O–H groups in total. The summed E-state index contributed by atoms with van der Waals surface area (Å²) in [5.41, 5.74) is 0.610. The molecule has 1 fully saturated rings. The van der Waals surface area contributed by atoms with Crippen molar-refractivity contribution in [3.63, 3.8) is 0 Å². The van der Waals surface area contributed by atoms with E-state index >= 15 is 0 Å². The van der Waals surface area contributed by atoms with Crippen LogP contribution in [0.1, 0.15) is 37.7 Å². The Kier molecular flexibility index (Phi) is 4.57. The summed E-state index contributed by atoms with van der Waals surface area (Å²) in [6.45, 7) is 0.